The Morgan fingerprint density at radius 1 is 1.19 bits per heavy atom. The molecule has 112 valence electrons. The van der Waals surface area contributed by atoms with E-state index in [1.807, 2.05) is 43.3 Å². The van der Waals surface area contributed by atoms with Crippen LogP contribution in [-0.4, -0.2) is 6.04 Å². The number of hydrogen-bond acceptors (Lipinski definition) is 2. The van der Waals surface area contributed by atoms with Crippen molar-refractivity contribution in [3.63, 3.8) is 0 Å². The molecular weight excluding hydrogens is 350 g/mol. The largest absolute Gasteiger partial charge is 0.456 e. The van der Waals surface area contributed by atoms with E-state index in [0.717, 1.165) is 21.5 Å². The van der Waals surface area contributed by atoms with Crippen molar-refractivity contribution < 1.29 is 4.74 Å². The predicted octanol–water partition coefficient (Wildman–Crippen LogP) is 5.70. The summed E-state index contributed by atoms with van der Waals surface area (Å²) in [7, 11) is 0. The Kier molecular flexibility index (Phi) is 5.68. The van der Waals surface area contributed by atoms with E-state index in [0.29, 0.717) is 17.6 Å². The van der Waals surface area contributed by atoms with Gasteiger partial charge in [-0.2, -0.15) is 0 Å². The highest BCUT2D eigenvalue weighted by Gasteiger charge is 2.11. The molecule has 0 atom stereocenters. The van der Waals surface area contributed by atoms with E-state index in [9.17, 15) is 0 Å². The molecule has 0 saturated carbocycles. The molecule has 0 unspecified atom stereocenters. The zero-order chi connectivity index (χ0) is 15.4. The molecule has 2 nitrogen and oxygen atoms in total. The second-order valence-corrected chi connectivity index (χ2v) is 6.55. The van der Waals surface area contributed by atoms with E-state index < -0.39 is 0 Å². The van der Waals surface area contributed by atoms with Crippen molar-refractivity contribution in [1.82, 2.24) is 5.32 Å². The number of rotatable bonds is 5. The lowest BCUT2D eigenvalue weighted by molar-refractivity contribution is 0.466. The van der Waals surface area contributed by atoms with Crippen LogP contribution in [0.25, 0.3) is 0 Å². The maximum absolute atomic E-state index is 6.31. The van der Waals surface area contributed by atoms with E-state index in [2.05, 4.69) is 35.1 Å². The van der Waals surface area contributed by atoms with Crippen LogP contribution in [0.2, 0.25) is 5.02 Å². The Morgan fingerprint density at radius 3 is 2.62 bits per heavy atom. The first-order valence-corrected chi connectivity index (χ1v) is 8.09. The topological polar surface area (TPSA) is 21.3 Å². The lowest BCUT2D eigenvalue weighted by Gasteiger charge is -2.15. The number of hydrogen-bond donors (Lipinski definition) is 1. The van der Waals surface area contributed by atoms with Crippen molar-refractivity contribution in [3.05, 3.63) is 57.0 Å². The molecule has 0 fully saturated rings. The normalized spacial score (nSPS) is 11.0. The Balaban J connectivity index is 2.28. The molecule has 0 aliphatic heterocycles. The molecule has 1 N–H and O–H groups in total. The highest BCUT2D eigenvalue weighted by atomic mass is 79.9. The first-order valence-electron chi connectivity index (χ1n) is 6.92. The van der Waals surface area contributed by atoms with Gasteiger partial charge in [0, 0.05) is 23.2 Å². The molecule has 0 aromatic heterocycles. The van der Waals surface area contributed by atoms with Gasteiger partial charge in [-0.05, 0) is 52.7 Å². The summed E-state index contributed by atoms with van der Waals surface area (Å²) >= 11 is 9.85. The van der Waals surface area contributed by atoms with Gasteiger partial charge in [0.2, 0.25) is 0 Å². The number of ether oxygens (including phenoxy) is 1. The number of nitrogens with one attached hydrogen (secondary N) is 1. The van der Waals surface area contributed by atoms with Crippen LogP contribution >= 0.6 is 27.5 Å². The van der Waals surface area contributed by atoms with Gasteiger partial charge in [-0.3, -0.25) is 0 Å². The van der Waals surface area contributed by atoms with Gasteiger partial charge in [-0.1, -0.05) is 37.6 Å². The molecule has 0 aliphatic carbocycles. The van der Waals surface area contributed by atoms with Crippen LogP contribution in [0.1, 0.15) is 25.0 Å². The van der Waals surface area contributed by atoms with Crippen LogP contribution in [0.5, 0.6) is 11.5 Å². The van der Waals surface area contributed by atoms with Crippen molar-refractivity contribution in [2.24, 2.45) is 0 Å². The third kappa shape index (κ3) is 4.47. The van der Waals surface area contributed by atoms with Gasteiger partial charge in [0.1, 0.15) is 11.5 Å². The van der Waals surface area contributed by atoms with Gasteiger partial charge >= 0.3 is 0 Å². The minimum Gasteiger partial charge on any atom is -0.456 e. The van der Waals surface area contributed by atoms with Crippen molar-refractivity contribution in [2.75, 3.05) is 0 Å². The van der Waals surface area contributed by atoms with Gasteiger partial charge < -0.3 is 10.1 Å². The third-order valence-corrected chi connectivity index (χ3v) is 4.04. The zero-order valence-electron chi connectivity index (χ0n) is 12.4. The molecule has 0 radical (unpaired) electrons. The summed E-state index contributed by atoms with van der Waals surface area (Å²) in [4.78, 5) is 0. The Morgan fingerprint density at radius 2 is 1.95 bits per heavy atom. The summed E-state index contributed by atoms with van der Waals surface area (Å²) in [6.07, 6.45) is 0. The van der Waals surface area contributed by atoms with Gasteiger partial charge in [0.15, 0.2) is 0 Å². The summed E-state index contributed by atoms with van der Waals surface area (Å²) in [5.41, 5.74) is 2.15. The van der Waals surface area contributed by atoms with Crippen LogP contribution in [0.3, 0.4) is 0 Å². The van der Waals surface area contributed by atoms with Gasteiger partial charge in [0.25, 0.3) is 0 Å². The molecule has 2 aromatic rings. The van der Waals surface area contributed by atoms with Gasteiger partial charge in [-0.15, -0.1) is 0 Å². The molecule has 4 heteroatoms. The number of halogens is 2. The lowest BCUT2D eigenvalue weighted by atomic mass is 10.2. The predicted molar refractivity (Wildman–Crippen MR) is 92.4 cm³/mol. The third-order valence-electron chi connectivity index (χ3n) is 3.07. The molecule has 0 spiro atoms. The summed E-state index contributed by atoms with van der Waals surface area (Å²) in [6.45, 7) is 6.93. The molecular formula is C17H19BrClNO. The summed E-state index contributed by atoms with van der Waals surface area (Å²) in [5.74, 6) is 1.56. The molecule has 0 amide bonds. The van der Waals surface area contributed by atoms with Crippen molar-refractivity contribution in [2.45, 2.75) is 33.4 Å². The first kappa shape index (κ1) is 16.3. The van der Waals surface area contributed by atoms with Crippen molar-refractivity contribution in [1.29, 1.82) is 0 Å². The van der Waals surface area contributed by atoms with Crippen LogP contribution in [-0.2, 0) is 6.54 Å². The van der Waals surface area contributed by atoms with Gasteiger partial charge in [0.05, 0.1) is 4.47 Å². The monoisotopic (exact) mass is 367 g/mol. The molecule has 0 aliphatic rings. The van der Waals surface area contributed by atoms with Crippen LogP contribution in [0.15, 0.2) is 40.9 Å². The maximum Gasteiger partial charge on any atom is 0.141 e. The summed E-state index contributed by atoms with van der Waals surface area (Å²) in [6, 6.07) is 12.1. The summed E-state index contributed by atoms with van der Waals surface area (Å²) < 4.78 is 6.97. The highest BCUT2D eigenvalue weighted by molar-refractivity contribution is 9.10. The van der Waals surface area contributed by atoms with E-state index in [4.69, 9.17) is 16.3 Å². The number of aryl methyl sites for hydroxylation is 1. The van der Waals surface area contributed by atoms with Crippen LogP contribution < -0.4 is 10.1 Å². The standard InChI is InChI=1S/C17H19BrClNO/c1-11(2)20-10-13-15(19)5-4-6-16(13)21-17-8-7-12(3)9-14(17)18/h4-9,11,20H,10H2,1-3H3. The molecule has 2 aromatic carbocycles. The van der Waals surface area contributed by atoms with E-state index in [1.165, 1.54) is 5.56 Å². The van der Waals surface area contributed by atoms with E-state index in [1.54, 1.807) is 0 Å². The average Bonchev–Trinajstić information content (AvgIpc) is 2.41. The maximum atomic E-state index is 6.31. The fraction of sp³-hybridized carbons (Fsp3) is 0.294. The molecule has 0 heterocycles. The SMILES string of the molecule is Cc1ccc(Oc2cccc(Cl)c2CNC(C)C)c(Br)c1. The minimum atomic E-state index is 0.389. The average molecular weight is 369 g/mol. The summed E-state index contributed by atoms with van der Waals surface area (Å²) in [5, 5.41) is 4.09. The molecule has 0 saturated heterocycles. The van der Waals surface area contributed by atoms with Crippen molar-refractivity contribution in [3.8, 4) is 11.5 Å². The quantitative estimate of drug-likeness (QED) is 0.730. The fourth-order valence-corrected chi connectivity index (χ4v) is 2.73. The lowest BCUT2D eigenvalue weighted by Crippen LogP contribution is -2.22. The smallest absolute Gasteiger partial charge is 0.141 e. The van der Waals surface area contributed by atoms with Crippen molar-refractivity contribution >= 4 is 27.5 Å². The molecule has 21 heavy (non-hydrogen) atoms. The highest BCUT2D eigenvalue weighted by Crippen LogP contribution is 2.34. The fourth-order valence-electron chi connectivity index (χ4n) is 1.92. The van der Waals surface area contributed by atoms with E-state index >= 15 is 0 Å². The minimum absolute atomic E-state index is 0.389. The first-order chi connectivity index (χ1) is 9.97. The molecule has 2 rings (SSSR count). The Hall–Kier alpha value is -1.03. The number of benzene rings is 2. The van der Waals surface area contributed by atoms with Crippen LogP contribution in [0.4, 0.5) is 0 Å². The molecule has 0 bridgehead atoms. The Labute approximate surface area is 139 Å². The van der Waals surface area contributed by atoms with E-state index in [-0.39, 0.29) is 0 Å². The Bertz CT molecular complexity index is 628. The van der Waals surface area contributed by atoms with Crippen LogP contribution in [0, 0.1) is 6.92 Å². The van der Waals surface area contributed by atoms with Gasteiger partial charge in [-0.25, -0.2) is 0 Å². The second-order valence-electron chi connectivity index (χ2n) is 5.29. The zero-order valence-corrected chi connectivity index (χ0v) is 14.8. The second kappa shape index (κ2) is 7.30.